The van der Waals surface area contributed by atoms with Crippen molar-refractivity contribution in [2.45, 2.75) is 31.3 Å². The highest BCUT2D eigenvalue weighted by Crippen LogP contribution is 2.51. The quantitative estimate of drug-likeness (QED) is 0.751. The van der Waals surface area contributed by atoms with Gasteiger partial charge in [0, 0.05) is 23.9 Å². The minimum absolute atomic E-state index is 0.344. The normalized spacial score (nSPS) is 31.0. The van der Waals surface area contributed by atoms with Gasteiger partial charge in [-0.25, -0.2) is 0 Å². The van der Waals surface area contributed by atoms with Gasteiger partial charge in [0.1, 0.15) is 7.11 Å². The van der Waals surface area contributed by atoms with Crippen LogP contribution in [0.25, 0.3) is 0 Å². The molecule has 1 aliphatic heterocycles. The maximum atomic E-state index is 5.29. The Balaban J connectivity index is 1.83. The molecule has 0 aromatic heterocycles. The number of piperidine rings is 1. The zero-order valence-electron chi connectivity index (χ0n) is 15.0. The lowest BCUT2D eigenvalue weighted by Crippen LogP contribution is -2.51. The second-order valence-corrected chi connectivity index (χ2v) is 7.22. The molecule has 2 bridgehead atoms. The third kappa shape index (κ3) is 2.87. The average Bonchev–Trinajstić information content (AvgIpc) is 2.65. The van der Waals surface area contributed by atoms with E-state index in [2.05, 4.69) is 77.8 Å². The van der Waals surface area contributed by atoms with E-state index in [1.807, 2.05) is 0 Å². The van der Waals surface area contributed by atoms with Crippen molar-refractivity contribution in [2.24, 2.45) is 17.0 Å². The SMILES string of the molecule is CON=C1[C@H]2CCC[C@@H]1[C@H](c1ccccc1)N(C)[C@@H]2c1ccccc1. The summed E-state index contributed by atoms with van der Waals surface area (Å²) in [7, 11) is 3.96. The third-order valence-electron chi connectivity index (χ3n) is 5.91. The topological polar surface area (TPSA) is 24.8 Å². The van der Waals surface area contributed by atoms with Gasteiger partial charge in [-0.15, -0.1) is 0 Å². The maximum Gasteiger partial charge on any atom is 0.106 e. The Morgan fingerprint density at radius 2 is 1.32 bits per heavy atom. The van der Waals surface area contributed by atoms with E-state index in [1.54, 1.807) is 7.11 Å². The number of hydrogen-bond acceptors (Lipinski definition) is 3. The molecule has 2 aliphatic rings. The van der Waals surface area contributed by atoms with Gasteiger partial charge < -0.3 is 4.84 Å². The summed E-state index contributed by atoms with van der Waals surface area (Å²) in [6.07, 6.45) is 3.63. The monoisotopic (exact) mass is 334 g/mol. The predicted octanol–water partition coefficient (Wildman–Crippen LogP) is 4.83. The molecule has 1 aliphatic carbocycles. The van der Waals surface area contributed by atoms with Crippen LogP contribution in [0.5, 0.6) is 0 Å². The molecule has 25 heavy (non-hydrogen) atoms. The molecule has 2 fully saturated rings. The van der Waals surface area contributed by atoms with Gasteiger partial charge in [-0.2, -0.15) is 0 Å². The number of rotatable bonds is 3. The van der Waals surface area contributed by atoms with Gasteiger partial charge in [0.15, 0.2) is 0 Å². The summed E-state index contributed by atoms with van der Waals surface area (Å²) in [5.74, 6) is 0.872. The molecule has 2 aromatic rings. The van der Waals surface area contributed by atoms with Gasteiger partial charge in [0.05, 0.1) is 5.71 Å². The highest BCUT2D eigenvalue weighted by molar-refractivity contribution is 5.91. The third-order valence-corrected chi connectivity index (χ3v) is 5.91. The van der Waals surface area contributed by atoms with Gasteiger partial charge in [-0.1, -0.05) is 72.2 Å². The summed E-state index contributed by atoms with van der Waals surface area (Å²) >= 11 is 0. The van der Waals surface area contributed by atoms with Crippen LogP contribution in [0.1, 0.15) is 42.5 Å². The van der Waals surface area contributed by atoms with Gasteiger partial charge in [-0.3, -0.25) is 4.90 Å². The number of hydrogen-bond donors (Lipinski definition) is 0. The van der Waals surface area contributed by atoms with Crippen molar-refractivity contribution >= 4 is 5.71 Å². The van der Waals surface area contributed by atoms with Crippen LogP contribution < -0.4 is 0 Å². The van der Waals surface area contributed by atoms with Crippen molar-refractivity contribution in [2.75, 3.05) is 14.2 Å². The van der Waals surface area contributed by atoms with Crippen LogP contribution in [-0.2, 0) is 4.84 Å². The summed E-state index contributed by atoms with van der Waals surface area (Å²) in [5.41, 5.74) is 4.01. The minimum Gasteiger partial charge on any atom is -0.399 e. The van der Waals surface area contributed by atoms with E-state index in [1.165, 1.54) is 36.1 Å². The molecule has 0 radical (unpaired) electrons. The van der Waals surface area contributed by atoms with Crippen LogP contribution in [0, 0.1) is 11.8 Å². The van der Waals surface area contributed by atoms with Crippen LogP contribution in [-0.4, -0.2) is 24.8 Å². The lowest BCUT2D eigenvalue weighted by atomic mass is 9.66. The Morgan fingerprint density at radius 1 is 0.840 bits per heavy atom. The molecule has 3 heteroatoms. The second kappa shape index (κ2) is 7.01. The summed E-state index contributed by atoms with van der Waals surface area (Å²) in [4.78, 5) is 7.87. The fraction of sp³-hybridized carbons (Fsp3) is 0.409. The highest BCUT2D eigenvalue weighted by atomic mass is 16.6. The number of oxime groups is 1. The van der Waals surface area contributed by atoms with Crippen molar-refractivity contribution in [3.05, 3.63) is 71.8 Å². The van der Waals surface area contributed by atoms with Crippen LogP contribution >= 0.6 is 0 Å². The fourth-order valence-corrected chi connectivity index (χ4v) is 4.98. The fourth-order valence-electron chi connectivity index (χ4n) is 4.98. The van der Waals surface area contributed by atoms with E-state index in [0.717, 1.165) is 0 Å². The molecule has 0 amide bonds. The molecule has 0 spiro atoms. The zero-order valence-corrected chi connectivity index (χ0v) is 15.0. The average molecular weight is 334 g/mol. The Kier molecular flexibility index (Phi) is 4.58. The van der Waals surface area contributed by atoms with Crippen LogP contribution in [0.2, 0.25) is 0 Å². The molecule has 130 valence electrons. The number of fused-ring (bicyclic) bond motifs is 2. The second-order valence-electron chi connectivity index (χ2n) is 7.22. The van der Waals surface area contributed by atoms with E-state index >= 15 is 0 Å². The molecule has 4 rings (SSSR count). The van der Waals surface area contributed by atoms with Crippen molar-refractivity contribution in [3.8, 4) is 0 Å². The lowest BCUT2D eigenvalue weighted by Gasteiger charge is -2.52. The molecule has 0 unspecified atom stereocenters. The Morgan fingerprint density at radius 3 is 1.76 bits per heavy atom. The minimum atomic E-state index is 0.344. The summed E-state index contributed by atoms with van der Waals surface area (Å²) < 4.78 is 0. The molecule has 3 nitrogen and oxygen atoms in total. The molecular weight excluding hydrogens is 308 g/mol. The highest BCUT2D eigenvalue weighted by Gasteiger charge is 2.48. The van der Waals surface area contributed by atoms with E-state index in [0.29, 0.717) is 23.9 Å². The Bertz CT molecular complexity index is 671. The van der Waals surface area contributed by atoms with Crippen molar-refractivity contribution in [1.29, 1.82) is 0 Å². The first-order chi connectivity index (χ1) is 12.3. The molecule has 0 N–H and O–H groups in total. The largest absolute Gasteiger partial charge is 0.399 e. The first-order valence-corrected chi connectivity index (χ1v) is 9.24. The lowest BCUT2D eigenvalue weighted by molar-refractivity contribution is 0.0609. The van der Waals surface area contributed by atoms with E-state index < -0.39 is 0 Å². The Labute approximate surface area is 150 Å². The predicted molar refractivity (Wildman–Crippen MR) is 101 cm³/mol. The number of benzene rings is 2. The van der Waals surface area contributed by atoms with Crippen LogP contribution in [0.4, 0.5) is 0 Å². The molecule has 2 aromatic carbocycles. The number of nitrogens with zero attached hydrogens (tertiary/aromatic N) is 2. The van der Waals surface area contributed by atoms with Gasteiger partial charge in [0.2, 0.25) is 0 Å². The summed E-state index contributed by atoms with van der Waals surface area (Å²) in [6, 6.07) is 22.4. The van der Waals surface area contributed by atoms with Gasteiger partial charge in [-0.05, 0) is 31.0 Å². The van der Waals surface area contributed by atoms with Gasteiger partial charge >= 0.3 is 0 Å². The van der Waals surface area contributed by atoms with Crippen molar-refractivity contribution in [1.82, 2.24) is 4.90 Å². The van der Waals surface area contributed by atoms with E-state index in [9.17, 15) is 0 Å². The first-order valence-electron chi connectivity index (χ1n) is 9.24. The Hall–Kier alpha value is -2.13. The molecule has 1 heterocycles. The van der Waals surface area contributed by atoms with E-state index in [-0.39, 0.29) is 0 Å². The van der Waals surface area contributed by atoms with Crippen LogP contribution in [0.3, 0.4) is 0 Å². The van der Waals surface area contributed by atoms with Crippen molar-refractivity contribution < 1.29 is 4.84 Å². The summed E-state index contributed by atoms with van der Waals surface area (Å²) in [6.45, 7) is 0. The van der Waals surface area contributed by atoms with E-state index in [4.69, 9.17) is 4.84 Å². The standard InChI is InChI=1S/C22H26N2O/c1-24-21(16-10-5-3-6-11-16)18-14-9-15-19(20(18)23-25-2)22(24)17-12-7-4-8-13-17/h3-8,10-13,18-19,21-22H,9,14-15H2,1-2H3/t18-,19+,21-,22+. The first kappa shape index (κ1) is 16.3. The smallest absolute Gasteiger partial charge is 0.106 e. The zero-order chi connectivity index (χ0) is 17.2. The molecule has 1 saturated carbocycles. The van der Waals surface area contributed by atoms with Crippen molar-refractivity contribution in [3.63, 3.8) is 0 Å². The summed E-state index contributed by atoms with van der Waals surface area (Å²) in [5, 5.41) is 4.54. The maximum absolute atomic E-state index is 5.29. The van der Waals surface area contributed by atoms with Crippen LogP contribution in [0.15, 0.2) is 65.8 Å². The molecule has 1 saturated heterocycles. The van der Waals surface area contributed by atoms with Gasteiger partial charge in [0.25, 0.3) is 0 Å². The molecule has 4 atom stereocenters. The molecular formula is C22H26N2O. The number of likely N-dealkylation sites (tertiary alicyclic amines) is 1.